The van der Waals surface area contributed by atoms with Gasteiger partial charge in [-0.05, 0) is 31.2 Å². The van der Waals surface area contributed by atoms with Crippen molar-refractivity contribution in [1.82, 2.24) is 0 Å². The van der Waals surface area contributed by atoms with Crippen molar-refractivity contribution in [2.24, 2.45) is 0 Å². The Morgan fingerprint density at radius 2 is 2.29 bits per heavy atom. The van der Waals surface area contributed by atoms with Gasteiger partial charge >= 0.3 is 0 Å². The van der Waals surface area contributed by atoms with Crippen LogP contribution in [0.5, 0.6) is 5.75 Å². The third kappa shape index (κ3) is 3.98. The number of hydrogen-bond acceptors (Lipinski definition) is 4. The Balaban J connectivity index is 2.13. The number of nitrogens with one attached hydrogen (secondary N) is 1. The largest absolute Gasteiger partial charge is 0.494 e. The first-order chi connectivity index (χ1) is 10.2. The first-order valence-corrected chi connectivity index (χ1v) is 6.42. The lowest BCUT2D eigenvalue weighted by Gasteiger charge is -2.07. The number of anilines is 1. The molecule has 1 heterocycles. The molecule has 0 spiro atoms. The summed E-state index contributed by atoms with van der Waals surface area (Å²) in [5.74, 6) is 0.608. The predicted molar refractivity (Wildman–Crippen MR) is 78.5 cm³/mol. The van der Waals surface area contributed by atoms with Crippen LogP contribution in [-0.4, -0.2) is 12.5 Å². The van der Waals surface area contributed by atoms with Gasteiger partial charge in [0.25, 0.3) is 5.91 Å². The van der Waals surface area contributed by atoms with Crippen molar-refractivity contribution in [3.05, 3.63) is 54.0 Å². The monoisotopic (exact) mass is 282 g/mol. The normalized spacial score (nSPS) is 10.8. The van der Waals surface area contributed by atoms with E-state index in [1.165, 1.54) is 12.3 Å². The van der Waals surface area contributed by atoms with Crippen LogP contribution in [0.1, 0.15) is 12.7 Å². The highest BCUT2D eigenvalue weighted by molar-refractivity contribution is 6.09. The van der Waals surface area contributed by atoms with Crippen LogP contribution in [0.3, 0.4) is 0 Å². The molecule has 2 rings (SSSR count). The first-order valence-electron chi connectivity index (χ1n) is 6.42. The second-order valence-electron chi connectivity index (χ2n) is 4.10. The maximum absolute atomic E-state index is 12.1. The van der Waals surface area contributed by atoms with E-state index in [-0.39, 0.29) is 5.57 Å². The fourth-order valence-corrected chi connectivity index (χ4v) is 1.69. The molecule has 0 unspecified atom stereocenters. The maximum Gasteiger partial charge on any atom is 0.266 e. The lowest BCUT2D eigenvalue weighted by atomic mass is 10.2. The van der Waals surface area contributed by atoms with Gasteiger partial charge in [0.1, 0.15) is 23.2 Å². The van der Waals surface area contributed by atoms with E-state index in [1.54, 1.807) is 36.4 Å². The smallest absolute Gasteiger partial charge is 0.266 e. The number of furan rings is 1. The van der Waals surface area contributed by atoms with Crippen LogP contribution in [0, 0.1) is 11.3 Å². The van der Waals surface area contributed by atoms with Crippen LogP contribution in [0.2, 0.25) is 0 Å². The number of rotatable bonds is 5. The molecule has 1 aromatic carbocycles. The fraction of sp³-hybridized carbons (Fsp3) is 0.125. The van der Waals surface area contributed by atoms with Gasteiger partial charge in [-0.3, -0.25) is 4.79 Å². The minimum absolute atomic E-state index is 0.0354. The molecule has 0 saturated heterocycles. The molecule has 0 bridgehead atoms. The Morgan fingerprint density at radius 3 is 2.95 bits per heavy atom. The summed E-state index contributed by atoms with van der Waals surface area (Å²) in [6.45, 7) is 2.42. The van der Waals surface area contributed by atoms with E-state index in [4.69, 9.17) is 14.4 Å². The molecule has 0 aliphatic rings. The van der Waals surface area contributed by atoms with Gasteiger partial charge in [-0.15, -0.1) is 0 Å². The number of hydrogen-bond donors (Lipinski definition) is 1. The zero-order valence-corrected chi connectivity index (χ0v) is 11.5. The van der Waals surface area contributed by atoms with Gasteiger partial charge in [0, 0.05) is 17.8 Å². The molecule has 1 amide bonds. The van der Waals surface area contributed by atoms with E-state index < -0.39 is 5.91 Å². The lowest BCUT2D eigenvalue weighted by Crippen LogP contribution is -2.13. The minimum Gasteiger partial charge on any atom is -0.494 e. The van der Waals surface area contributed by atoms with Crippen LogP contribution in [-0.2, 0) is 4.79 Å². The molecular weight excluding hydrogens is 268 g/mol. The van der Waals surface area contributed by atoms with E-state index >= 15 is 0 Å². The van der Waals surface area contributed by atoms with Crippen LogP contribution >= 0.6 is 0 Å². The third-order valence-corrected chi connectivity index (χ3v) is 2.60. The number of amides is 1. The Hall–Kier alpha value is -3.00. The van der Waals surface area contributed by atoms with E-state index in [9.17, 15) is 4.79 Å². The van der Waals surface area contributed by atoms with Gasteiger partial charge in [0.05, 0.1) is 12.9 Å². The van der Waals surface area contributed by atoms with Crippen molar-refractivity contribution in [2.75, 3.05) is 11.9 Å². The SMILES string of the molecule is CCOc1cccc(NC(=O)C(C#N)=Cc2ccco2)c1. The number of carbonyl (C=O) groups excluding carboxylic acids is 1. The van der Waals surface area contributed by atoms with Crippen LogP contribution in [0.4, 0.5) is 5.69 Å². The molecule has 0 fully saturated rings. The highest BCUT2D eigenvalue weighted by atomic mass is 16.5. The second-order valence-corrected chi connectivity index (χ2v) is 4.10. The topological polar surface area (TPSA) is 75.3 Å². The first kappa shape index (κ1) is 14.4. The zero-order valence-electron chi connectivity index (χ0n) is 11.5. The summed E-state index contributed by atoms with van der Waals surface area (Å²) in [6, 6.07) is 12.2. The molecule has 1 aromatic heterocycles. The van der Waals surface area contributed by atoms with Crippen LogP contribution < -0.4 is 10.1 Å². The van der Waals surface area contributed by atoms with Gasteiger partial charge in [-0.1, -0.05) is 6.07 Å². The van der Waals surface area contributed by atoms with Gasteiger partial charge < -0.3 is 14.5 Å². The number of nitriles is 1. The van der Waals surface area contributed by atoms with Crippen molar-refractivity contribution in [3.8, 4) is 11.8 Å². The molecular formula is C16H14N2O3. The number of ether oxygens (including phenoxy) is 1. The molecule has 5 heteroatoms. The molecule has 0 atom stereocenters. The van der Waals surface area contributed by atoms with E-state index in [0.29, 0.717) is 23.8 Å². The van der Waals surface area contributed by atoms with E-state index in [1.807, 2.05) is 13.0 Å². The fourth-order valence-electron chi connectivity index (χ4n) is 1.69. The molecule has 0 aliphatic heterocycles. The van der Waals surface area contributed by atoms with Crippen molar-refractivity contribution in [2.45, 2.75) is 6.92 Å². The third-order valence-electron chi connectivity index (χ3n) is 2.60. The highest BCUT2D eigenvalue weighted by Crippen LogP contribution is 2.18. The van der Waals surface area contributed by atoms with E-state index in [2.05, 4.69) is 5.32 Å². The summed E-state index contributed by atoms with van der Waals surface area (Å²) in [5.41, 5.74) is 0.526. The summed E-state index contributed by atoms with van der Waals surface area (Å²) in [4.78, 5) is 12.1. The second kappa shape index (κ2) is 6.96. The summed E-state index contributed by atoms with van der Waals surface area (Å²) >= 11 is 0. The number of benzene rings is 1. The lowest BCUT2D eigenvalue weighted by molar-refractivity contribution is -0.112. The van der Waals surface area contributed by atoms with Gasteiger partial charge in [-0.25, -0.2) is 0 Å². The van der Waals surface area contributed by atoms with Crippen LogP contribution in [0.25, 0.3) is 6.08 Å². The predicted octanol–water partition coefficient (Wildman–Crippen LogP) is 3.22. The molecule has 21 heavy (non-hydrogen) atoms. The molecule has 1 N–H and O–H groups in total. The number of nitrogens with zero attached hydrogens (tertiary/aromatic N) is 1. The zero-order chi connectivity index (χ0) is 15.1. The average Bonchev–Trinajstić information content (AvgIpc) is 2.98. The molecule has 106 valence electrons. The van der Waals surface area contributed by atoms with Crippen molar-refractivity contribution >= 4 is 17.7 Å². The molecule has 0 aliphatic carbocycles. The Labute approximate surface area is 122 Å². The van der Waals surface area contributed by atoms with E-state index in [0.717, 1.165) is 0 Å². The average molecular weight is 282 g/mol. The molecule has 5 nitrogen and oxygen atoms in total. The summed E-state index contributed by atoms with van der Waals surface area (Å²) in [7, 11) is 0. The summed E-state index contributed by atoms with van der Waals surface area (Å²) in [5, 5.41) is 11.7. The number of carbonyl (C=O) groups is 1. The maximum atomic E-state index is 12.1. The summed E-state index contributed by atoms with van der Waals surface area (Å²) < 4.78 is 10.4. The molecule has 2 aromatic rings. The van der Waals surface area contributed by atoms with Gasteiger partial charge in [-0.2, -0.15) is 5.26 Å². The quantitative estimate of drug-likeness (QED) is 0.674. The van der Waals surface area contributed by atoms with Crippen molar-refractivity contribution in [1.29, 1.82) is 5.26 Å². The summed E-state index contributed by atoms with van der Waals surface area (Å²) in [6.07, 6.45) is 2.87. The highest BCUT2D eigenvalue weighted by Gasteiger charge is 2.10. The molecule has 0 saturated carbocycles. The minimum atomic E-state index is -0.498. The molecule has 0 radical (unpaired) electrons. The Bertz CT molecular complexity index is 682. The standard InChI is InChI=1S/C16H14N2O3/c1-2-20-15-6-3-5-13(10-15)18-16(19)12(11-17)9-14-7-4-8-21-14/h3-10H,2H2,1H3,(H,18,19). The van der Waals surface area contributed by atoms with Gasteiger partial charge in [0.2, 0.25) is 0 Å². The van der Waals surface area contributed by atoms with Crippen molar-refractivity contribution < 1.29 is 13.9 Å². The Kier molecular flexibility index (Phi) is 4.78. The Morgan fingerprint density at radius 1 is 1.43 bits per heavy atom. The van der Waals surface area contributed by atoms with Crippen LogP contribution in [0.15, 0.2) is 52.7 Å². The van der Waals surface area contributed by atoms with Crippen molar-refractivity contribution in [3.63, 3.8) is 0 Å². The van der Waals surface area contributed by atoms with Gasteiger partial charge in [0.15, 0.2) is 0 Å².